The van der Waals surface area contributed by atoms with Crippen molar-refractivity contribution in [1.82, 2.24) is 0 Å². The average molecular weight is 106 g/mol. The van der Waals surface area contributed by atoms with Crippen molar-refractivity contribution >= 4 is 15.2 Å². The molecule has 0 aromatic rings. The van der Waals surface area contributed by atoms with Crippen molar-refractivity contribution in [2.45, 2.75) is 13.8 Å². The molecule has 0 N–H and O–H groups in total. The minimum Gasteiger partial charge on any atom is -0.185 e. The zero-order chi connectivity index (χ0) is 5.15. The summed E-state index contributed by atoms with van der Waals surface area (Å²) < 4.78 is 19.3. The van der Waals surface area contributed by atoms with Crippen molar-refractivity contribution in [2.24, 2.45) is 0 Å². The van der Waals surface area contributed by atoms with Gasteiger partial charge >= 0.3 is 0 Å². The first-order chi connectivity index (χ1) is 2.64. The van der Waals surface area contributed by atoms with Gasteiger partial charge in [0.2, 0.25) is 10.3 Å². The summed E-state index contributed by atoms with van der Waals surface area (Å²) >= 11 is 0. The monoisotopic (exact) mass is 106 g/mol. The first kappa shape index (κ1) is 5.69. The quantitative estimate of drug-likeness (QED) is 0.410. The van der Waals surface area contributed by atoms with Gasteiger partial charge in [0.1, 0.15) is 0 Å². The maximum Gasteiger partial charge on any atom is 0.212 e. The fraction of sp³-hybridized carbons (Fsp3) is 0.667. The highest BCUT2D eigenvalue weighted by Crippen LogP contribution is 1.58. The number of hydrogen-bond acceptors (Lipinski definition) is 2. The first-order valence-electron chi connectivity index (χ1n) is 1.54. The van der Waals surface area contributed by atoms with Crippen molar-refractivity contribution < 1.29 is 8.42 Å². The Bertz CT molecular complexity index is 140. The summed E-state index contributed by atoms with van der Waals surface area (Å²) in [5.41, 5.74) is 0. The lowest BCUT2D eigenvalue weighted by atomic mass is 10.6. The third-order valence-corrected chi connectivity index (χ3v) is 1.00. The van der Waals surface area contributed by atoms with E-state index in [1.165, 1.54) is 0 Å². The van der Waals surface area contributed by atoms with E-state index in [-0.39, 0.29) is 0 Å². The molecule has 6 heavy (non-hydrogen) atoms. The van der Waals surface area contributed by atoms with Crippen LogP contribution in [0.4, 0.5) is 0 Å². The van der Waals surface area contributed by atoms with Crippen LogP contribution >= 0.6 is 0 Å². The lowest BCUT2D eigenvalue weighted by Crippen LogP contribution is -1.78. The van der Waals surface area contributed by atoms with Crippen LogP contribution in [-0.2, 0) is 10.3 Å². The molecule has 0 aromatic carbocycles. The summed E-state index contributed by atoms with van der Waals surface area (Å²) in [6, 6.07) is 0. The molecule has 0 radical (unpaired) electrons. The Morgan fingerprint density at radius 2 is 1.50 bits per heavy atom. The molecule has 0 aliphatic carbocycles. The number of hydrogen-bond donors (Lipinski definition) is 0. The first-order valence-corrected chi connectivity index (χ1v) is 2.61. The molecule has 0 heterocycles. The van der Waals surface area contributed by atoms with Crippen LogP contribution in [0, 0.1) is 0 Å². The van der Waals surface area contributed by atoms with Gasteiger partial charge in [-0.05, 0) is 13.8 Å². The molecule has 0 aliphatic heterocycles. The Balaban J connectivity index is 4.58. The zero-order valence-electron chi connectivity index (χ0n) is 3.72. The lowest BCUT2D eigenvalue weighted by Gasteiger charge is -1.63. The Morgan fingerprint density at radius 3 is 1.50 bits per heavy atom. The predicted molar refractivity (Wildman–Crippen MR) is 25.3 cm³/mol. The molecule has 0 aliphatic rings. The minimum atomic E-state index is -1.95. The predicted octanol–water partition coefficient (Wildman–Crippen LogP) is 0.0777. The van der Waals surface area contributed by atoms with E-state index in [0.717, 1.165) is 0 Å². The smallest absolute Gasteiger partial charge is 0.185 e. The van der Waals surface area contributed by atoms with E-state index in [4.69, 9.17) is 0 Å². The maximum absolute atomic E-state index is 9.66. The molecule has 36 valence electrons. The molecule has 0 saturated heterocycles. The molecule has 0 aromatic heterocycles. The van der Waals surface area contributed by atoms with E-state index >= 15 is 0 Å². The number of rotatable bonds is 0. The van der Waals surface area contributed by atoms with Crippen molar-refractivity contribution in [3.63, 3.8) is 0 Å². The summed E-state index contributed by atoms with van der Waals surface area (Å²) in [4.78, 5) is 0.426. The van der Waals surface area contributed by atoms with Crippen molar-refractivity contribution in [3.8, 4) is 0 Å². The fourth-order valence-corrected chi connectivity index (χ4v) is 0. The Hall–Kier alpha value is -0.310. The SMILES string of the molecule is CC(C)=S(=O)=O. The van der Waals surface area contributed by atoms with Gasteiger partial charge in [0.05, 0.1) is 0 Å². The topological polar surface area (TPSA) is 34.1 Å². The van der Waals surface area contributed by atoms with Gasteiger partial charge in [0, 0.05) is 4.86 Å². The highest BCUT2D eigenvalue weighted by atomic mass is 32.2. The third-order valence-electron chi connectivity index (χ3n) is 0.333. The lowest BCUT2D eigenvalue weighted by molar-refractivity contribution is 0.627. The van der Waals surface area contributed by atoms with E-state index in [0.29, 0.717) is 4.86 Å². The summed E-state index contributed by atoms with van der Waals surface area (Å²) in [6.45, 7) is 3.09. The van der Waals surface area contributed by atoms with Crippen molar-refractivity contribution in [3.05, 3.63) is 0 Å². The molecule has 0 spiro atoms. The van der Waals surface area contributed by atoms with Gasteiger partial charge < -0.3 is 0 Å². The zero-order valence-corrected chi connectivity index (χ0v) is 4.54. The van der Waals surface area contributed by atoms with Gasteiger partial charge in [-0.25, -0.2) is 0 Å². The second-order valence-corrected chi connectivity index (χ2v) is 2.43. The highest BCUT2D eigenvalue weighted by molar-refractivity contribution is 7.72. The molecule has 0 amide bonds. The van der Waals surface area contributed by atoms with Gasteiger partial charge in [0.25, 0.3) is 0 Å². The van der Waals surface area contributed by atoms with Crippen LogP contribution in [0.15, 0.2) is 0 Å². The van der Waals surface area contributed by atoms with Crippen molar-refractivity contribution in [2.75, 3.05) is 0 Å². The van der Waals surface area contributed by atoms with Gasteiger partial charge in [0.15, 0.2) is 0 Å². The van der Waals surface area contributed by atoms with E-state index in [2.05, 4.69) is 0 Å². The van der Waals surface area contributed by atoms with Gasteiger partial charge in [-0.2, -0.15) is 8.42 Å². The van der Waals surface area contributed by atoms with Crippen LogP contribution in [0.2, 0.25) is 0 Å². The van der Waals surface area contributed by atoms with E-state index in [1.807, 2.05) is 0 Å². The molecule has 0 bridgehead atoms. The molecule has 3 heteroatoms. The average Bonchev–Trinajstić information content (AvgIpc) is 1.36. The standard InChI is InChI=1S/C3H6O2S/c1-3(2)6(4)5/h1-2H3. The molecular weight excluding hydrogens is 100 g/mol. The summed E-state index contributed by atoms with van der Waals surface area (Å²) in [5, 5.41) is 0. The Labute approximate surface area is 38.3 Å². The molecule has 0 rings (SSSR count). The van der Waals surface area contributed by atoms with Crippen LogP contribution in [0.1, 0.15) is 13.8 Å². The normalized spacial score (nSPS) is 7.67. The van der Waals surface area contributed by atoms with E-state index < -0.39 is 10.3 Å². The third kappa shape index (κ3) is 1.96. The van der Waals surface area contributed by atoms with Crippen LogP contribution < -0.4 is 0 Å². The fourth-order valence-electron chi connectivity index (χ4n) is 0. The minimum absolute atomic E-state index is 0.426. The molecule has 0 saturated carbocycles. The van der Waals surface area contributed by atoms with E-state index in [9.17, 15) is 8.42 Å². The Kier molecular flexibility index (Phi) is 1.87. The molecule has 0 fully saturated rings. The second kappa shape index (κ2) is 1.97. The largest absolute Gasteiger partial charge is 0.212 e. The van der Waals surface area contributed by atoms with Gasteiger partial charge in [-0.15, -0.1) is 0 Å². The summed E-state index contributed by atoms with van der Waals surface area (Å²) in [7, 11) is -1.95. The molecule has 0 atom stereocenters. The maximum atomic E-state index is 9.66. The summed E-state index contributed by atoms with van der Waals surface area (Å²) in [5.74, 6) is 0. The molecule has 0 unspecified atom stereocenters. The summed E-state index contributed by atoms with van der Waals surface area (Å²) in [6.07, 6.45) is 0. The van der Waals surface area contributed by atoms with Crippen molar-refractivity contribution in [1.29, 1.82) is 0 Å². The second-order valence-electron chi connectivity index (χ2n) is 1.14. The van der Waals surface area contributed by atoms with Gasteiger partial charge in [-0.1, -0.05) is 0 Å². The van der Waals surface area contributed by atoms with Crippen LogP contribution in [0.25, 0.3) is 0 Å². The highest BCUT2D eigenvalue weighted by Gasteiger charge is 1.71. The van der Waals surface area contributed by atoms with Crippen LogP contribution in [0.3, 0.4) is 0 Å². The Morgan fingerprint density at radius 1 is 1.33 bits per heavy atom. The van der Waals surface area contributed by atoms with Crippen LogP contribution in [0.5, 0.6) is 0 Å². The molecule has 2 nitrogen and oxygen atoms in total. The molecular formula is C3H6O2S. The van der Waals surface area contributed by atoms with Gasteiger partial charge in [-0.3, -0.25) is 0 Å². The van der Waals surface area contributed by atoms with E-state index in [1.54, 1.807) is 13.8 Å². The van der Waals surface area contributed by atoms with Crippen LogP contribution in [-0.4, -0.2) is 13.3 Å².